The lowest BCUT2D eigenvalue weighted by atomic mass is 10.2. The number of carbonyl (C=O) groups excluding carboxylic acids is 1. The first kappa shape index (κ1) is 14.3. The average molecular weight is 273 g/mol. The number of hydrogen-bond donors (Lipinski definition) is 1. The maximum atomic E-state index is 11.8. The van der Waals surface area contributed by atoms with Crippen LogP contribution in [0, 0.1) is 6.92 Å². The minimum atomic E-state index is -0.0919. The number of aryl methyl sites for hydroxylation is 1. The van der Waals surface area contributed by atoms with Crippen molar-refractivity contribution in [2.75, 3.05) is 12.8 Å². The quantitative estimate of drug-likeness (QED) is 0.838. The Kier molecular flexibility index (Phi) is 5.78. The Bertz CT molecular complexity index is 378. The smallest absolute Gasteiger partial charge is 0.251 e. The molecular formula is C12H17ClN2OS. The molecule has 1 atom stereocenters. The van der Waals surface area contributed by atoms with E-state index in [-0.39, 0.29) is 5.91 Å². The lowest BCUT2D eigenvalue weighted by Gasteiger charge is -2.09. The fraction of sp³-hybridized carbons (Fsp3) is 0.500. The van der Waals surface area contributed by atoms with Crippen LogP contribution in [-0.2, 0) is 0 Å². The van der Waals surface area contributed by atoms with Crippen molar-refractivity contribution in [1.82, 2.24) is 10.3 Å². The number of nitrogens with zero attached hydrogens (tertiary/aromatic N) is 1. The summed E-state index contributed by atoms with van der Waals surface area (Å²) in [6, 6.07) is 3.32. The first-order valence-corrected chi connectivity index (χ1v) is 7.14. The summed E-state index contributed by atoms with van der Waals surface area (Å²) in [5.74, 6) is -0.0919. The molecule has 1 unspecified atom stereocenters. The lowest BCUT2D eigenvalue weighted by molar-refractivity contribution is 0.0953. The second kappa shape index (κ2) is 6.87. The molecule has 94 valence electrons. The van der Waals surface area contributed by atoms with Gasteiger partial charge in [0.2, 0.25) is 0 Å². The molecule has 0 aromatic carbocycles. The minimum Gasteiger partial charge on any atom is -0.352 e. The van der Waals surface area contributed by atoms with Gasteiger partial charge in [-0.1, -0.05) is 18.5 Å². The summed E-state index contributed by atoms with van der Waals surface area (Å²) in [5.41, 5.74) is 1.32. The van der Waals surface area contributed by atoms with E-state index in [1.807, 2.05) is 6.92 Å². The highest BCUT2D eigenvalue weighted by Gasteiger charge is 2.08. The minimum absolute atomic E-state index is 0.0919. The molecule has 1 aromatic heterocycles. The van der Waals surface area contributed by atoms with Gasteiger partial charge < -0.3 is 5.32 Å². The topological polar surface area (TPSA) is 42.0 Å². The van der Waals surface area contributed by atoms with E-state index in [0.29, 0.717) is 22.5 Å². The van der Waals surface area contributed by atoms with Crippen LogP contribution in [0.15, 0.2) is 12.1 Å². The van der Waals surface area contributed by atoms with E-state index in [2.05, 4.69) is 23.5 Å². The second-order valence-electron chi connectivity index (χ2n) is 3.91. The molecule has 0 radical (unpaired) electrons. The van der Waals surface area contributed by atoms with E-state index in [1.165, 1.54) is 0 Å². The van der Waals surface area contributed by atoms with Gasteiger partial charge in [-0.3, -0.25) is 4.79 Å². The molecule has 17 heavy (non-hydrogen) atoms. The van der Waals surface area contributed by atoms with Crippen LogP contribution in [0.5, 0.6) is 0 Å². The van der Waals surface area contributed by atoms with Gasteiger partial charge in [-0.05, 0) is 31.7 Å². The first-order chi connectivity index (χ1) is 8.02. The molecule has 0 saturated heterocycles. The number of nitrogens with one attached hydrogen (secondary N) is 1. The largest absolute Gasteiger partial charge is 0.352 e. The molecule has 3 nitrogen and oxygen atoms in total. The molecule has 1 heterocycles. The molecule has 0 saturated carbocycles. The standard InChI is InChI=1S/C12H17ClN2OS/c1-8-6-10(7-11(13)15-8)12(16)14-5-4-9(2)17-3/h6-7,9H,4-5H2,1-3H3,(H,14,16). The predicted octanol–water partition coefficient (Wildman–Crippen LogP) is 2.91. The molecule has 0 bridgehead atoms. The summed E-state index contributed by atoms with van der Waals surface area (Å²) in [6.45, 7) is 4.64. The van der Waals surface area contributed by atoms with Crippen LogP contribution in [-0.4, -0.2) is 28.9 Å². The lowest BCUT2D eigenvalue weighted by Crippen LogP contribution is -2.26. The van der Waals surface area contributed by atoms with Crippen LogP contribution < -0.4 is 5.32 Å². The van der Waals surface area contributed by atoms with Crippen molar-refractivity contribution < 1.29 is 4.79 Å². The Morgan fingerprint density at radius 2 is 2.29 bits per heavy atom. The Morgan fingerprint density at radius 1 is 1.59 bits per heavy atom. The van der Waals surface area contributed by atoms with Crippen molar-refractivity contribution in [3.05, 3.63) is 28.5 Å². The Labute approximate surface area is 111 Å². The highest BCUT2D eigenvalue weighted by molar-refractivity contribution is 7.99. The first-order valence-electron chi connectivity index (χ1n) is 5.48. The summed E-state index contributed by atoms with van der Waals surface area (Å²) in [6.07, 6.45) is 3.03. The van der Waals surface area contributed by atoms with E-state index in [4.69, 9.17) is 11.6 Å². The number of amides is 1. The van der Waals surface area contributed by atoms with Crippen molar-refractivity contribution in [2.24, 2.45) is 0 Å². The predicted molar refractivity (Wildman–Crippen MR) is 73.9 cm³/mol. The molecule has 5 heteroatoms. The monoisotopic (exact) mass is 272 g/mol. The van der Waals surface area contributed by atoms with Gasteiger partial charge in [0, 0.05) is 23.1 Å². The molecule has 0 fully saturated rings. The maximum Gasteiger partial charge on any atom is 0.251 e. The normalized spacial score (nSPS) is 12.2. The van der Waals surface area contributed by atoms with Gasteiger partial charge in [-0.2, -0.15) is 11.8 Å². The van der Waals surface area contributed by atoms with Crippen LogP contribution in [0.1, 0.15) is 29.4 Å². The van der Waals surface area contributed by atoms with Crippen molar-refractivity contribution in [2.45, 2.75) is 25.5 Å². The molecule has 1 aromatic rings. The average Bonchev–Trinajstić information content (AvgIpc) is 2.27. The van der Waals surface area contributed by atoms with Crippen molar-refractivity contribution in [1.29, 1.82) is 0 Å². The van der Waals surface area contributed by atoms with Crippen molar-refractivity contribution >= 4 is 29.3 Å². The zero-order valence-corrected chi connectivity index (χ0v) is 11.9. The molecule has 0 spiro atoms. The van der Waals surface area contributed by atoms with Gasteiger partial charge in [0.05, 0.1) is 0 Å². The molecule has 1 amide bonds. The highest BCUT2D eigenvalue weighted by atomic mass is 35.5. The van der Waals surface area contributed by atoms with Gasteiger partial charge in [0.1, 0.15) is 5.15 Å². The van der Waals surface area contributed by atoms with Crippen molar-refractivity contribution in [3.63, 3.8) is 0 Å². The van der Waals surface area contributed by atoms with Gasteiger partial charge in [0.25, 0.3) is 5.91 Å². The van der Waals surface area contributed by atoms with Crippen LogP contribution in [0.3, 0.4) is 0 Å². The summed E-state index contributed by atoms with van der Waals surface area (Å²) >= 11 is 7.60. The van der Waals surface area contributed by atoms with Crippen LogP contribution >= 0.6 is 23.4 Å². The Morgan fingerprint density at radius 3 is 2.88 bits per heavy atom. The van der Waals surface area contributed by atoms with Crippen LogP contribution in [0.25, 0.3) is 0 Å². The number of thioether (sulfide) groups is 1. The maximum absolute atomic E-state index is 11.8. The number of pyridine rings is 1. The Balaban J connectivity index is 2.52. The molecule has 0 aliphatic carbocycles. The highest BCUT2D eigenvalue weighted by Crippen LogP contribution is 2.11. The summed E-state index contributed by atoms with van der Waals surface area (Å²) < 4.78 is 0. The molecule has 0 aliphatic heterocycles. The second-order valence-corrected chi connectivity index (χ2v) is 5.57. The SMILES string of the molecule is CSC(C)CCNC(=O)c1cc(C)nc(Cl)c1. The third-order valence-corrected chi connectivity index (χ3v) is 3.66. The number of aromatic nitrogens is 1. The number of halogens is 1. The van der Waals surface area contributed by atoms with E-state index in [1.54, 1.807) is 23.9 Å². The zero-order valence-electron chi connectivity index (χ0n) is 10.3. The summed E-state index contributed by atoms with van der Waals surface area (Å²) in [4.78, 5) is 15.8. The van der Waals surface area contributed by atoms with Gasteiger partial charge in [-0.25, -0.2) is 4.98 Å². The number of hydrogen-bond acceptors (Lipinski definition) is 3. The number of rotatable bonds is 5. The fourth-order valence-electron chi connectivity index (χ4n) is 1.37. The fourth-order valence-corrected chi connectivity index (χ4v) is 1.97. The molecule has 1 rings (SSSR count). The molecule has 0 aliphatic rings. The Hall–Kier alpha value is -0.740. The van der Waals surface area contributed by atoms with E-state index in [9.17, 15) is 4.79 Å². The number of carbonyl (C=O) groups is 1. The van der Waals surface area contributed by atoms with Crippen LogP contribution in [0.2, 0.25) is 5.15 Å². The molecule has 1 N–H and O–H groups in total. The van der Waals surface area contributed by atoms with E-state index < -0.39 is 0 Å². The summed E-state index contributed by atoms with van der Waals surface area (Å²) in [5, 5.41) is 3.79. The van der Waals surface area contributed by atoms with Crippen LogP contribution in [0.4, 0.5) is 0 Å². The van der Waals surface area contributed by atoms with E-state index >= 15 is 0 Å². The summed E-state index contributed by atoms with van der Waals surface area (Å²) in [7, 11) is 0. The molecular weight excluding hydrogens is 256 g/mol. The third kappa shape index (κ3) is 4.96. The van der Waals surface area contributed by atoms with E-state index in [0.717, 1.165) is 12.1 Å². The third-order valence-electron chi connectivity index (χ3n) is 2.42. The zero-order chi connectivity index (χ0) is 12.8. The van der Waals surface area contributed by atoms with Gasteiger partial charge in [0.15, 0.2) is 0 Å². The van der Waals surface area contributed by atoms with Gasteiger partial charge >= 0.3 is 0 Å². The van der Waals surface area contributed by atoms with Gasteiger partial charge in [-0.15, -0.1) is 0 Å². The van der Waals surface area contributed by atoms with Crippen molar-refractivity contribution in [3.8, 4) is 0 Å².